The molecule has 1 spiro atoms. The minimum Gasteiger partial charge on any atom is -0.378 e. The van der Waals surface area contributed by atoms with Gasteiger partial charge in [-0.3, -0.25) is 0 Å². The Morgan fingerprint density at radius 2 is 1.74 bits per heavy atom. The molecule has 3 aliphatic rings. The maximum Gasteiger partial charge on any atom is 0.114 e. The molecule has 1 heterocycles. The largest absolute Gasteiger partial charge is 0.378 e. The summed E-state index contributed by atoms with van der Waals surface area (Å²) in [7, 11) is 0. The summed E-state index contributed by atoms with van der Waals surface area (Å²) in [5.41, 5.74) is -0.386. The smallest absolute Gasteiger partial charge is 0.114 e. The van der Waals surface area contributed by atoms with E-state index in [4.69, 9.17) is 4.74 Å². The van der Waals surface area contributed by atoms with Crippen LogP contribution in [0.4, 0.5) is 4.39 Å². The lowest BCUT2D eigenvalue weighted by atomic mass is 9.89. The highest BCUT2D eigenvalue weighted by Gasteiger charge is 2.65. The molecule has 0 aromatic carbocycles. The maximum atomic E-state index is 14.0. The zero-order chi connectivity index (χ0) is 13.7. The Hall–Kier alpha value is -0.150. The third-order valence-electron chi connectivity index (χ3n) is 5.70. The molecule has 1 aliphatic heterocycles. The molecule has 0 radical (unpaired) electrons. The fourth-order valence-corrected chi connectivity index (χ4v) is 3.77. The van der Waals surface area contributed by atoms with E-state index in [1.165, 1.54) is 19.4 Å². The number of likely N-dealkylation sites (tertiary alicyclic amines) is 1. The summed E-state index contributed by atoms with van der Waals surface area (Å²) in [6, 6.07) is 0. The summed E-state index contributed by atoms with van der Waals surface area (Å²) in [6.07, 6.45) is 5.86. The molecule has 2 nitrogen and oxygen atoms in total. The monoisotopic (exact) mass is 269 g/mol. The first-order chi connectivity index (χ1) is 8.87. The topological polar surface area (TPSA) is 12.5 Å². The fourth-order valence-electron chi connectivity index (χ4n) is 3.77. The van der Waals surface area contributed by atoms with E-state index >= 15 is 0 Å². The Balaban J connectivity index is 1.45. The minimum absolute atomic E-state index is 0.0502. The Morgan fingerprint density at radius 1 is 1.16 bits per heavy atom. The van der Waals surface area contributed by atoms with Gasteiger partial charge in [-0.05, 0) is 66.0 Å². The maximum absolute atomic E-state index is 14.0. The number of halogens is 1. The van der Waals surface area contributed by atoms with Crippen molar-refractivity contribution in [1.82, 2.24) is 4.90 Å². The summed E-state index contributed by atoms with van der Waals surface area (Å²) >= 11 is 0. The first-order valence-electron chi connectivity index (χ1n) is 7.90. The Morgan fingerprint density at radius 3 is 2.16 bits per heavy atom. The van der Waals surface area contributed by atoms with Crippen molar-refractivity contribution in [3.8, 4) is 0 Å². The minimum atomic E-state index is -0.864. The van der Waals surface area contributed by atoms with Crippen molar-refractivity contribution >= 4 is 0 Å². The molecule has 0 aromatic rings. The number of piperidine rings is 1. The van der Waals surface area contributed by atoms with Crippen LogP contribution >= 0.6 is 0 Å². The van der Waals surface area contributed by atoms with Gasteiger partial charge < -0.3 is 9.64 Å². The summed E-state index contributed by atoms with van der Waals surface area (Å²) < 4.78 is 19.8. The van der Waals surface area contributed by atoms with E-state index in [1.54, 1.807) is 6.92 Å². The zero-order valence-corrected chi connectivity index (χ0v) is 12.7. The average molecular weight is 269 g/mol. The molecule has 1 saturated heterocycles. The van der Waals surface area contributed by atoms with E-state index in [0.29, 0.717) is 11.5 Å². The van der Waals surface area contributed by atoms with Crippen LogP contribution in [-0.2, 0) is 4.74 Å². The average Bonchev–Trinajstić information content (AvgIpc) is 3.19. The van der Waals surface area contributed by atoms with Crippen molar-refractivity contribution in [3.05, 3.63) is 0 Å². The molecule has 3 heteroatoms. The van der Waals surface area contributed by atoms with E-state index < -0.39 is 5.67 Å². The molecule has 0 amide bonds. The standard InChI is InChI=1S/C16H28FNO/c1-13(2)19-12-15(4-5-15)11-18-8-6-16(7-9-18)10-14(16,3)17/h13H,4-12H2,1-3H3. The van der Waals surface area contributed by atoms with Crippen molar-refractivity contribution in [2.75, 3.05) is 26.2 Å². The van der Waals surface area contributed by atoms with Gasteiger partial charge in [0.25, 0.3) is 0 Å². The van der Waals surface area contributed by atoms with Gasteiger partial charge in [0.1, 0.15) is 5.67 Å². The van der Waals surface area contributed by atoms with E-state index in [-0.39, 0.29) is 5.41 Å². The lowest BCUT2D eigenvalue weighted by Crippen LogP contribution is -2.41. The zero-order valence-electron chi connectivity index (χ0n) is 12.7. The number of ether oxygens (including phenoxy) is 1. The fraction of sp³-hybridized carbons (Fsp3) is 1.00. The van der Waals surface area contributed by atoms with Crippen LogP contribution in [0, 0.1) is 10.8 Å². The van der Waals surface area contributed by atoms with Crippen LogP contribution in [0.25, 0.3) is 0 Å². The molecular weight excluding hydrogens is 241 g/mol. The molecule has 0 N–H and O–H groups in total. The SMILES string of the molecule is CC(C)OCC1(CN2CCC3(CC2)CC3(C)F)CC1. The highest BCUT2D eigenvalue weighted by atomic mass is 19.1. The van der Waals surface area contributed by atoms with Crippen LogP contribution in [0.5, 0.6) is 0 Å². The number of rotatable bonds is 5. The quantitative estimate of drug-likeness (QED) is 0.758. The van der Waals surface area contributed by atoms with Gasteiger partial charge >= 0.3 is 0 Å². The molecular formula is C16H28FNO. The van der Waals surface area contributed by atoms with Crippen LogP contribution in [0.2, 0.25) is 0 Å². The third-order valence-corrected chi connectivity index (χ3v) is 5.70. The molecule has 110 valence electrons. The van der Waals surface area contributed by atoms with Crippen molar-refractivity contribution in [2.45, 2.75) is 64.6 Å². The predicted octanol–water partition coefficient (Wildman–Crippen LogP) is 3.41. The van der Waals surface area contributed by atoms with E-state index in [2.05, 4.69) is 18.7 Å². The van der Waals surface area contributed by atoms with Crippen molar-refractivity contribution in [2.24, 2.45) is 10.8 Å². The molecule has 1 atom stereocenters. The molecule has 3 rings (SSSR count). The molecule has 19 heavy (non-hydrogen) atoms. The second-order valence-electron chi connectivity index (χ2n) is 7.79. The Bertz CT molecular complexity index is 341. The van der Waals surface area contributed by atoms with Crippen LogP contribution in [0.3, 0.4) is 0 Å². The van der Waals surface area contributed by atoms with E-state index in [1.807, 2.05) is 0 Å². The number of hydrogen-bond donors (Lipinski definition) is 0. The van der Waals surface area contributed by atoms with Gasteiger partial charge in [-0.15, -0.1) is 0 Å². The van der Waals surface area contributed by atoms with Gasteiger partial charge in [-0.2, -0.15) is 0 Å². The van der Waals surface area contributed by atoms with E-state index in [0.717, 1.165) is 39.0 Å². The molecule has 0 bridgehead atoms. The number of hydrogen-bond acceptors (Lipinski definition) is 2. The highest BCUT2D eigenvalue weighted by molar-refractivity contribution is 5.15. The van der Waals surface area contributed by atoms with E-state index in [9.17, 15) is 4.39 Å². The first kappa shape index (κ1) is 13.8. The van der Waals surface area contributed by atoms with Gasteiger partial charge in [-0.1, -0.05) is 0 Å². The second kappa shape index (κ2) is 4.42. The molecule has 3 fully saturated rings. The third kappa shape index (κ3) is 2.69. The summed E-state index contributed by atoms with van der Waals surface area (Å²) in [6.45, 7) is 10.3. The molecule has 0 aromatic heterocycles. The summed E-state index contributed by atoms with van der Waals surface area (Å²) in [5.74, 6) is 0. The number of nitrogens with zero attached hydrogens (tertiary/aromatic N) is 1. The van der Waals surface area contributed by atoms with Crippen LogP contribution in [-0.4, -0.2) is 42.9 Å². The van der Waals surface area contributed by atoms with Crippen molar-refractivity contribution in [3.63, 3.8) is 0 Å². The molecule has 2 aliphatic carbocycles. The van der Waals surface area contributed by atoms with Crippen molar-refractivity contribution < 1.29 is 9.13 Å². The van der Waals surface area contributed by atoms with Crippen molar-refractivity contribution in [1.29, 1.82) is 0 Å². The Kier molecular flexibility index (Phi) is 3.22. The predicted molar refractivity (Wildman–Crippen MR) is 75.0 cm³/mol. The number of alkyl halides is 1. The first-order valence-corrected chi connectivity index (χ1v) is 7.90. The normalized spacial score (nSPS) is 35.8. The summed E-state index contributed by atoms with van der Waals surface area (Å²) in [5, 5.41) is 0. The van der Waals surface area contributed by atoms with Crippen LogP contribution in [0.15, 0.2) is 0 Å². The van der Waals surface area contributed by atoms with Gasteiger partial charge in [-0.25, -0.2) is 4.39 Å². The summed E-state index contributed by atoms with van der Waals surface area (Å²) in [4.78, 5) is 2.55. The van der Waals surface area contributed by atoms with Gasteiger partial charge in [0, 0.05) is 17.4 Å². The van der Waals surface area contributed by atoms with Gasteiger partial charge in [0.05, 0.1) is 12.7 Å². The van der Waals surface area contributed by atoms with Crippen LogP contribution in [0.1, 0.15) is 52.9 Å². The highest BCUT2D eigenvalue weighted by Crippen LogP contribution is 2.64. The lowest BCUT2D eigenvalue weighted by molar-refractivity contribution is 0.0232. The molecule has 1 unspecified atom stereocenters. The Labute approximate surface area is 116 Å². The van der Waals surface area contributed by atoms with Crippen LogP contribution < -0.4 is 0 Å². The lowest BCUT2D eigenvalue weighted by Gasteiger charge is -2.35. The molecule has 2 saturated carbocycles. The second-order valence-corrected chi connectivity index (χ2v) is 7.79. The van der Waals surface area contributed by atoms with Gasteiger partial charge in [0.2, 0.25) is 0 Å². The van der Waals surface area contributed by atoms with Gasteiger partial charge in [0.15, 0.2) is 0 Å².